The van der Waals surface area contributed by atoms with E-state index in [1.165, 1.54) is 0 Å². The molecule has 0 saturated carbocycles. The Hall–Kier alpha value is -2.77. The van der Waals surface area contributed by atoms with Crippen LogP contribution in [0.4, 0.5) is 21.0 Å². The number of urea groups is 1. The molecule has 0 radical (unpaired) electrons. The highest BCUT2D eigenvalue weighted by Crippen LogP contribution is 2.15. The number of imide groups is 1. The highest BCUT2D eigenvalue weighted by molar-refractivity contribution is 5.96. The smallest absolute Gasteiger partial charge is 0.411 e. The first-order chi connectivity index (χ1) is 12.3. The van der Waals surface area contributed by atoms with Crippen LogP contribution in [0.5, 0.6) is 0 Å². The molecule has 8 nitrogen and oxygen atoms in total. The summed E-state index contributed by atoms with van der Waals surface area (Å²) in [4.78, 5) is 34.9. The minimum atomic E-state index is -0.532. The molecule has 0 unspecified atom stereocenters. The van der Waals surface area contributed by atoms with E-state index in [9.17, 15) is 14.4 Å². The van der Waals surface area contributed by atoms with Crippen LogP contribution in [0.2, 0.25) is 0 Å². The molecule has 0 heterocycles. The molecule has 26 heavy (non-hydrogen) atoms. The summed E-state index contributed by atoms with van der Waals surface area (Å²) in [6.07, 6.45) is -0.532. The normalized spacial score (nSPS) is 10.4. The number of nitrogens with one attached hydrogen (secondary N) is 4. The first-order valence-electron chi connectivity index (χ1n) is 8.61. The van der Waals surface area contributed by atoms with E-state index in [1.807, 2.05) is 27.7 Å². The number of ether oxygens (including phenoxy) is 1. The van der Waals surface area contributed by atoms with Gasteiger partial charge in [0.25, 0.3) is 0 Å². The summed E-state index contributed by atoms with van der Waals surface area (Å²) in [6.45, 7) is 8.58. The first kappa shape index (κ1) is 21.3. The summed E-state index contributed by atoms with van der Waals surface area (Å²) in [6, 6.07) is 6.34. The van der Waals surface area contributed by atoms with E-state index < -0.39 is 18.0 Å². The van der Waals surface area contributed by atoms with Crippen LogP contribution in [0, 0.1) is 11.8 Å². The maximum absolute atomic E-state index is 11.8. The summed E-state index contributed by atoms with van der Waals surface area (Å²) in [5.41, 5.74) is 1.17. The quantitative estimate of drug-likeness (QED) is 0.567. The lowest BCUT2D eigenvalue weighted by molar-refractivity contribution is -0.118. The zero-order chi connectivity index (χ0) is 19.5. The fraction of sp³-hybridized carbons (Fsp3) is 0.500. The van der Waals surface area contributed by atoms with E-state index in [2.05, 4.69) is 21.3 Å². The van der Waals surface area contributed by atoms with Crippen molar-refractivity contribution in [3.63, 3.8) is 0 Å². The van der Waals surface area contributed by atoms with E-state index in [4.69, 9.17) is 4.74 Å². The Balaban J connectivity index is 2.42. The van der Waals surface area contributed by atoms with E-state index in [0.717, 1.165) is 0 Å². The lowest BCUT2D eigenvalue weighted by Crippen LogP contribution is -2.43. The molecule has 0 bridgehead atoms. The van der Waals surface area contributed by atoms with Crippen LogP contribution in [0.1, 0.15) is 27.7 Å². The van der Waals surface area contributed by atoms with Gasteiger partial charge in [-0.25, -0.2) is 9.59 Å². The Morgan fingerprint density at radius 3 is 2.38 bits per heavy atom. The molecule has 0 aliphatic rings. The highest BCUT2D eigenvalue weighted by Gasteiger charge is 2.08. The lowest BCUT2D eigenvalue weighted by atomic mass is 10.2. The standard InChI is InChI=1S/C18H28N4O4/c1-12(2)9-20-17(24)22-16(23)10-19-14-6-5-7-15(8-14)21-18(25)26-11-13(3)4/h5-8,12-13,19H,9-11H2,1-4H3,(H,21,25)(H2,20,22,23,24). The Labute approximate surface area is 154 Å². The number of hydrogen-bond donors (Lipinski definition) is 4. The molecule has 0 fully saturated rings. The molecular formula is C18H28N4O4. The molecule has 8 heteroatoms. The van der Waals surface area contributed by atoms with Gasteiger partial charge in [0.05, 0.1) is 13.2 Å². The Morgan fingerprint density at radius 2 is 1.73 bits per heavy atom. The van der Waals surface area contributed by atoms with Crippen LogP contribution in [0.15, 0.2) is 24.3 Å². The zero-order valence-electron chi connectivity index (χ0n) is 15.7. The molecule has 1 aromatic carbocycles. The molecule has 0 aliphatic heterocycles. The molecule has 4 amide bonds. The number of carbonyl (C=O) groups is 3. The fourth-order valence-corrected chi connectivity index (χ4v) is 1.80. The molecule has 4 N–H and O–H groups in total. The molecule has 0 saturated heterocycles. The number of hydrogen-bond acceptors (Lipinski definition) is 5. The molecular weight excluding hydrogens is 336 g/mol. The van der Waals surface area contributed by atoms with Crippen molar-refractivity contribution in [3.8, 4) is 0 Å². The fourth-order valence-electron chi connectivity index (χ4n) is 1.80. The third-order valence-corrected chi connectivity index (χ3v) is 3.03. The van der Waals surface area contributed by atoms with Crippen LogP contribution in [0.25, 0.3) is 0 Å². The Morgan fingerprint density at radius 1 is 1.04 bits per heavy atom. The number of benzene rings is 1. The maximum atomic E-state index is 11.8. The van der Waals surface area contributed by atoms with Crippen molar-refractivity contribution < 1.29 is 19.1 Å². The average Bonchev–Trinajstić information content (AvgIpc) is 2.57. The minimum absolute atomic E-state index is 0.0731. The predicted octanol–water partition coefficient (Wildman–Crippen LogP) is 2.78. The van der Waals surface area contributed by atoms with Gasteiger partial charge in [-0.2, -0.15) is 0 Å². The zero-order valence-corrected chi connectivity index (χ0v) is 15.7. The molecule has 1 aromatic rings. The summed E-state index contributed by atoms with van der Waals surface area (Å²) < 4.78 is 5.05. The van der Waals surface area contributed by atoms with Gasteiger partial charge in [-0.3, -0.25) is 15.4 Å². The second-order valence-electron chi connectivity index (χ2n) is 6.70. The van der Waals surface area contributed by atoms with Gasteiger partial charge in [-0.15, -0.1) is 0 Å². The van der Waals surface area contributed by atoms with Gasteiger partial charge in [0, 0.05) is 17.9 Å². The highest BCUT2D eigenvalue weighted by atomic mass is 16.5. The average molecular weight is 364 g/mol. The summed E-state index contributed by atoms with van der Waals surface area (Å²) in [5.74, 6) is 0.0995. The van der Waals surface area contributed by atoms with Crippen LogP contribution >= 0.6 is 0 Å². The lowest BCUT2D eigenvalue weighted by Gasteiger charge is -2.11. The summed E-state index contributed by atoms with van der Waals surface area (Å²) in [7, 11) is 0. The Kier molecular flexibility index (Phi) is 8.97. The van der Waals surface area contributed by atoms with E-state index in [1.54, 1.807) is 24.3 Å². The predicted molar refractivity (Wildman–Crippen MR) is 101 cm³/mol. The SMILES string of the molecule is CC(C)CNC(=O)NC(=O)CNc1cccc(NC(=O)OCC(C)C)c1. The number of rotatable bonds is 8. The van der Waals surface area contributed by atoms with Crippen molar-refractivity contribution in [2.24, 2.45) is 11.8 Å². The van der Waals surface area contributed by atoms with Gasteiger partial charge in [0.2, 0.25) is 5.91 Å². The van der Waals surface area contributed by atoms with E-state index >= 15 is 0 Å². The van der Waals surface area contributed by atoms with Crippen molar-refractivity contribution in [1.82, 2.24) is 10.6 Å². The number of carbonyl (C=O) groups excluding carboxylic acids is 3. The van der Waals surface area contributed by atoms with Gasteiger partial charge in [0.15, 0.2) is 0 Å². The third-order valence-electron chi connectivity index (χ3n) is 3.03. The summed E-state index contributed by atoms with van der Waals surface area (Å²) in [5, 5.41) is 10.4. The van der Waals surface area contributed by atoms with Crippen molar-refractivity contribution >= 4 is 29.4 Å². The molecule has 144 valence electrons. The topological polar surface area (TPSA) is 109 Å². The van der Waals surface area contributed by atoms with Gasteiger partial charge >= 0.3 is 12.1 Å². The second kappa shape index (κ2) is 11.0. The van der Waals surface area contributed by atoms with Crippen LogP contribution in [0.3, 0.4) is 0 Å². The minimum Gasteiger partial charge on any atom is -0.449 e. The van der Waals surface area contributed by atoms with Crippen molar-refractivity contribution in [3.05, 3.63) is 24.3 Å². The third kappa shape index (κ3) is 9.51. The first-order valence-corrected chi connectivity index (χ1v) is 8.61. The van der Waals surface area contributed by atoms with E-state index in [-0.39, 0.29) is 12.5 Å². The van der Waals surface area contributed by atoms with Gasteiger partial charge in [-0.05, 0) is 30.0 Å². The van der Waals surface area contributed by atoms with E-state index in [0.29, 0.717) is 30.4 Å². The van der Waals surface area contributed by atoms with Gasteiger partial charge < -0.3 is 15.4 Å². The van der Waals surface area contributed by atoms with Crippen LogP contribution < -0.4 is 21.3 Å². The largest absolute Gasteiger partial charge is 0.449 e. The molecule has 0 spiro atoms. The summed E-state index contributed by atoms with van der Waals surface area (Å²) >= 11 is 0. The molecule has 0 atom stereocenters. The second-order valence-corrected chi connectivity index (χ2v) is 6.70. The number of anilines is 2. The van der Waals surface area contributed by atoms with Gasteiger partial charge in [0.1, 0.15) is 0 Å². The van der Waals surface area contributed by atoms with Gasteiger partial charge in [-0.1, -0.05) is 33.8 Å². The number of amides is 4. The molecule has 0 aliphatic carbocycles. The molecule has 1 rings (SSSR count). The molecule has 0 aromatic heterocycles. The monoisotopic (exact) mass is 364 g/mol. The Bertz CT molecular complexity index is 617. The van der Waals surface area contributed by atoms with Crippen LogP contribution in [-0.2, 0) is 9.53 Å². The van der Waals surface area contributed by atoms with Crippen molar-refractivity contribution in [2.75, 3.05) is 30.3 Å². The van der Waals surface area contributed by atoms with Crippen molar-refractivity contribution in [1.29, 1.82) is 0 Å². The maximum Gasteiger partial charge on any atom is 0.411 e. The van der Waals surface area contributed by atoms with Crippen molar-refractivity contribution in [2.45, 2.75) is 27.7 Å². The van der Waals surface area contributed by atoms with Crippen LogP contribution in [-0.4, -0.2) is 37.7 Å².